The normalized spacial score (nSPS) is 16.5. The molecule has 2 aromatic carbocycles. The number of carbonyl (C=O) groups excluding carboxylic acids is 2. The molecule has 1 fully saturated rings. The van der Waals surface area contributed by atoms with E-state index in [2.05, 4.69) is 11.9 Å². The minimum absolute atomic E-state index is 0.0257. The van der Waals surface area contributed by atoms with E-state index >= 15 is 0 Å². The molecule has 42 heavy (non-hydrogen) atoms. The zero-order chi connectivity index (χ0) is 29.4. The van der Waals surface area contributed by atoms with E-state index in [0.717, 1.165) is 24.0 Å². The SMILES string of the molecule is CCCCCOc1ccc(C2/C(=C(\O)c3c(C)nc4ccccn34)C(=O)C(=O)N2c2nc3ccc(OC)cc3s2)cc1. The molecule has 4 heterocycles. The van der Waals surface area contributed by atoms with Crippen LogP contribution in [-0.4, -0.2) is 44.9 Å². The molecule has 1 aliphatic heterocycles. The number of pyridine rings is 1. The van der Waals surface area contributed by atoms with E-state index in [1.807, 2.05) is 54.6 Å². The monoisotopic (exact) mass is 582 g/mol. The number of aromatic nitrogens is 3. The average molecular weight is 583 g/mol. The molecule has 0 radical (unpaired) electrons. The number of ketones is 1. The van der Waals surface area contributed by atoms with E-state index in [1.54, 1.807) is 30.7 Å². The molecule has 10 heteroatoms. The third-order valence-corrected chi connectivity index (χ3v) is 8.39. The first-order valence-electron chi connectivity index (χ1n) is 13.8. The van der Waals surface area contributed by atoms with Gasteiger partial charge >= 0.3 is 5.91 Å². The average Bonchev–Trinajstić information content (AvgIpc) is 3.65. The van der Waals surface area contributed by atoms with Crippen molar-refractivity contribution in [2.24, 2.45) is 0 Å². The molecule has 1 atom stereocenters. The van der Waals surface area contributed by atoms with Gasteiger partial charge in [0.1, 0.15) is 22.8 Å². The zero-order valence-corrected chi connectivity index (χ0v) is 24.4. The Hall–Kier alpha value is -4.70. The molecule has 0 spiro atoms. The van der Waals surface area contributed by atoms with Crippen LogP contribution in [-0.2, 0) is 9.59 Å². The molecule has 1 amide bonds. The number of aliphatic hydroxyl groups excluding tert-OH is 1. The summed E-state index contributed by atoms with van der Waals surface area (Å²) in [7, 11) is 1.58. The number of aliphatic hydroxyl groups is 1. The van der Waals surface area contributed by atoms with Crippen LogP contribution < -0.4 is 14.4 Å². The van der Waals surface area contributed by atoms with Gasteiger partial charge in [0.15, 0.2) is 10.9 Å². The highest BCUT2D eigenvalue weighted by atomic mass is 32.1. The fourth-order valence-electron chi connectivity index (χ4n) is 5.28. The van der Waals surface area contributed by atoms with Crippen molar-refractivity contribution in [1.82, 2.24) is 14.4 Å². The van der Waals surface area contributed by atoms with Gasteiger partial charge in [-0.25, -0.2) is 9.97 Å². The first kappa shape index (κ1) is 27.5. The standard InChI is InChI=1S/C32H30N4O5S/c1-4-5-8-17-41-21-12-10-20(11-13-21)28-26(29(37)27-19(2)33-25-9-6-7-16-35(25)27)30(38)31(39)36(28)32-34-23-15-14-22(40-3)18-24(23)42-32/h6-7,9-16,18,28,37H,4-5,8,17H2,1-3H3/b29-26+. The number of benzene rings is 2. The van der Waals surface area contributed by atoms with Gasteiger partial charge < -0.3 is 14.6 Å². The first-order valence-corrected chi connectivity index (χ1v) is 14.6. The highest BCUT2D eigenvalue weighted by Crippen LogP contribution is 2.45. The van der Waals surface area contributed by atoms with Crippen LogP contribution in [0, 0.1) is 6.92 Å². The smallest absolute Gasteiger partial charge is 0.301 e. The third kappa shape index (κ3) is 4.77. The van der Waals surface area contributed by atoms with Gasteiger partial charge in [-0.15, -0.1) is 0 Å². The van der Waals surface area contributed by atoms with Crippen LogP contribution >= 0.6 is 11.3 Å². The number of amides is 1. The lowest BCUT2D eigenvalue weighted by Crippen LogP contribution is -2.29. The molecule has 5 aromatic rings. The lowest BCUT2D eigenvalue weighted by Gasteiger charge is -2.23. The molecule has 0 aliphatic carbocycles. The molecule has 1 N–H and O–H groups in total. The molecule has 0 saturated carbocycles. The first-order chi connectivity index (χ1) is 20.4. The van der Waals surface area contributed by atoms with Gasteiger partial charge in [-0.3, -0.25) is 18.9 Å². The number of methoxy groups -OCH3 is 1. The summed E-state index contributed by atoms with van der Waals surface area (Å²) >= 11 is 1.28. The van der Waals surface area contributed by atoms with Crippen molar-refractivity contribution in [2.45, 2.75) is 39.2 Å². The molecule has 3 aromatic heterocycles. The van der Waals surface area contributed by atoms with E-state index in [-0.39, 0.29) is 11.3 Å². The van der Waals surface area contributed by atoms with Gasteiger partial charge in [0.25, 0.3) is 5.78 Å². The number of anilines is 1. The molecule has 9 nitrogen and oxygen atoms in total. The third-order valence-electron chi connectivity index (χ3n) is 7.38. The largest absolute Gasteiger partial charge is 0.505 e. The summed E-state index contributed by atoms with van der Waals surface area (Å²) in [6.45, 7) is 4.51. The van der Waals surface area contributed by atoms with Crippen LogP contribution in [0.1, 0.15) is 49.2 Å². The fraction of sp³-hybridized carbons (Fsp3) is 0.250. The Balaban J connectivity index is 1.49. The topological polar surface area (TPSA) is 106 Å². The van der Waals surface area contributed by atoms with E-state index in [9.17, 15) is 14.7 Å². The minimum atomic E-state index is -0.921. The van der Waals surface area contributed by atoms with Gasteiger partial charge in [-0.1, -0.05) is 49.3 Å². The highest BCUT2D eigenvalue weighted by Gasteiger charge is 2.48. The Morgan fingerprint density at radius 1 is 1.02 bits per heavy atom. The summed E-state index contributed by atoms with van der Waals surface area (Å²) < 4.78 is 13.8. The summed E-state index contributed by atoms with van der Waals surface area (Å²) in [4.78, 5) is 38.1. The molecule has 214 valence electrons. The molecule has 1 aliphatic rings. The Morgan fingerprint density at radius 3 is 2.57 bits per heavy atom. The molecular formula is C32H30N4O5S. The number of rotatable bonds is 9. The number of aryl methyl sites for hydroxylation is 1. The summed E-state index contributed by atoms with van der Waals surface area (Å²) in [6.07, 6.45) is 4.91. The predicted molar refractivity (Wildman–Crippen MR) is 162 cm³/mol. The predicted octanol–water partition coefficient (Wildman–Crippen LogP) is 6.46. The van der Waals surface area contributed by atoms with Crippen molar-refractivity contribution >= 4 is 49.8 Å². The Kier molecular flexibility index (Phi) is 7.38. The lowest BCUT2D eigenvalue weighted by atomic mass is 9.96. The number of thiazole rings is 1. The maximum atomic E-state index is 13.7. The Labute approximate surface area is 246 Å². The van der Waals surface area contributed by atoms with Gasteiger partial charge in [0.2, 0.25) is 0 Å². The number of nitrogens with zero attached hydrogens (tertiary/aromatic N) is 4. The van der Waals surface area contributed by atoms with E-state index < -0.39 is 17.7 Å². The number of hydrogen-bond acceptors (Lipinski definition) is 8. The maximum absolute atomic E-state index is 13.7. The van der Waals surface area contributed by atoms with Crippen LogP contribution in [0.5, 0.6) is 11.5 Å². The Morgan fingerprint density at radius 2 is 1.81 bits per heavy atom. The summed E-state index contributed by atoms with van der Waals surface area (Å²) in [6, 6.07) is 17.3. The van der Waals surface area contributed by atoms with Crippen molar-refractivity contribution in [3.63, 3.8) is 0 Å². The minimum Gasteiger partial charge on any atom is -0.505 e. The van der Waals surface area contributed by atoms with Crippen molar-refractivity contribution in [3.8, 4) is 11.5 Å². The summed E-state index contributed by atoms with van der Waals surface area (Å²) in [5, 5.41) is 12.1. The quantitative estimate of drug-likeness (QED) is 0.0921. The second-order valence-electron chi connectivity index (χ2n) is 10.1. The van der Waals surface area contributed by atoms with Gasteiger partial charge in [0.05, 0.1) is 41.2 Å². The van der Waals surface area contributed by atoms with Crippen LogP contribution in [0.4, 0.5) is 5.13 Å². The maximum Gasteiger partial charge on any atom is 0.301 e. The van der Waals surface area contributed by atoms with Crippen molar-refractivity contribution in [3.05, 3.63) is 89.4 Å². The highest BCUT2D eigenvalue weighted by molar-refractivity contribution is 7.22. The van der Waals surface area contributed by atoms with Gasteiger partial charge in [-0.05, 0) is 61.4 Å². The number of ether oxygens (including phenoxy) is 2. The second-order valence-corrected chi connectivity index (χ2v) is 11.1. The molecule has 1 saturated heterocycles. The van der Waals surface area contributed by atoms with E-state index in [4.69, 9.17) is 14.5 Å². The lowest BCUT2D eigenvalue weighted by molar-refractivity contribution is -0.132. The van der Waals surface area contributed by atoms with E-state index in [1.165, 1.54) is 16.2 Å². The van der Waals surface area contributed by atoms with Crippen LogP contribution in [0.25, 0.3) is 21.6 Å². The number of fused-ring (bicyclic) bond motifs is 2. The molecular weight excluding hydrogens is 552 g/mol. The van der Waals surface area contributed by atoms with Crippen molar-refractivity contribution in [1.29, 1.82) is 0 Å². The van der Waals surface area contributed by atoms with Crippen molar-refractivity contribution in [2.75, 3.05) is 18.6 Å². The fourth-order valence-corrected chi connectivity index (χ4v) is 6.30. The summed E-state index contributed by atoms with van der Waals surface area (Å²) in [5.74, 6) is -0.497. The second kappa shape index (κ2) is 11.3. The van der Waals surface area contributed by atoms with Crippen LogP contribution in [0.15, 0.2) is 72.4 Å². The molecule has 1 unspecified atom stereocenters. The number of hydrogen-bond donors (Lipinski definition) is 1. The zero-order valence-electron chi connectivity index (χ0n) is 23.5. The van der Waals surface area contributed by atoms with Crippen molar-refractivity contribution < 1.29 is 24.2 Å². The number of imidazole rings is 1. The number of carbonyl (C=O) groups is 2. The van der Waals surface area contributed by atoms with Gasteiger partial charge in [0, 0.05) is 6.20 Å². The molecule has 0 bridgehead atoms. The molecule has 6 rings (SSSR count). The summed E-state index contributed by atoms with van der Waals surface area (Å²) in [5.41, 5.74) is 2.80. The van der Waals surface area contributed by atoms with Crippen LogP contribution in [0.3, 0.4) is 0 Å². The van der Waals surface area contributed by atoms with E-state index in [0.29, 0.717) is 51.4 Å². The Bertz CT molecular complexity index is 1840. The van der Waals surface area contributed by atoms with Gasteiger partial charge in [-0.2, -0.15) is 0 Å². The number of Topliss-reactive ketones (excluding diaryl/α,β-unsaturated/α-hetero) is 1. The van der Waals surface area contributed by atoms with Crippen LogP contribution in [0.2, 0.25) is 0 Å². The number of unbranched alkanes of at least 4 members (excludes halogenated alkanes) is 2.